The van der Waals surface area contributed by atoms with E-state index in [1.54, 1.807) is 24.3 Å². The Morgan fingerprint density at radius 3 is 2.24 bits per heavy atom. The lowest BCUT2D eigenvalue weighted by atomic mass is 9.98. The minimum Gasteiger partial charge on any atom is -0.457 e. The lowest BCUT2D eigenvalue weighted by Crippen LogP contribution is -2.39. The standard InChI is InChI=1S/C27H24O6/c28-22-16-21-24(32-22)25(30-17-18-10-4-1-5-11-18)26(31-21)23(19-12-6-2-7-13-19)33-27(29)20-14-8-3-9-15-20/h1-15,21,23-26H,16-17H2/t21-,23-,24+,25-,26+/m1/s1. The van der Waals surface area contributed by atoms with Crippen LogP contribution in [0.3, 0.4) is 0 Å². The van der Waals surface area contributed by atoms with Crippen LogP contribution in [0, 0.1) is 0 Å². The van der Waals surface area contributed by atoms with E-state index < -0.39 is 36.5 Å². The van der Waals surface area contributed by atoms with Crippen molar-refractivity contribution in [1.29, 1.82) is 0 Å². The Kier molecular flexibility index (Phi) is 6.19. The second-order valence-electron chi connectivity index (χ2n) is 8.16. The van der Waals surface area contributed by atoms with Crippen LogP contribution in [0.4, 0.5) is 0 Å². The number of esters is 2. The predicted octanol–water partition coefficient (Wildman–Crippen LogP) is 4.25. The van der Waals surface area contributed by atoms with Gasteiger partial charge in [-0.1, -0.05) is 78.9 Å². The van der Waals surface area contributed by atoms with Gasteiger partial charge in [0.25, 0.3) is 0 Å². The molecule has 33 heavy (non-hydrogen) atoms. The van der Waals surface area contributed by atoms with Crippen LogP contribution in [0.25, 0.3) is 0 Å². The van der Waals surface area contributed by atoms with Crippen molar-refractivity contribution in [2.24, 2.45) is 0 Å². The number of benzene rings is 3. The molecule has 5 rings (SSSR count). The molecular weight excluding hydrogens is 420 g/mol. The number of fused-ring (bicyclic) bond motifs is 1. The van der Waals surface area contributed by atoms with E-state index in [1.807, 2.05) is 66.7 Å². The van der Waals surface area contributed by atoms with E-state index in [1.165, 1.54) is 0 Å². The summed E-state index contributed by atoms with van der Waals surface area (Å²) in [5.41, 5.74) is 2.22. The van der Waals surface area contributed by atoms with Gasteiger partial charge >= 0.3 is 11.9 Å². The molecule has 3 aromatic carbocycles. The second-order valence-corrected chi connectivity index (χ2v) is 8.16. The molecule has 2 aliphatic heterocycles. The molecule has 0 amide bonds. The van der Waals surface area contributed by atoms with Crippen molar-refractivity contribution in [2.45, 2.75) is 43.5 Å². The second kappa shape index (κ2) is 9.57. The van der Waals surface area contributed by atoms with Crippen LogP contribution < -0.4 is 0 Å². The SMILES string of the molecule is O=C1C[C@H]2O[C@@H]([C@H](OC(=O)c3ccccc3)c3ccccc3)[C@H](OCc3ccccc3)[C@H]2O1. The third-order valence-electron chi connectivity index (χ3n) is 5.94. The third-order valence-corrected chi connectivity index (χ3v) is 5.94. The molecule has 2 saturated heterocycles. The summed E-state index contributed by atoms with van der Waals surface area (Å²) in [7, 11) is 0. The quantitative estimate of drug-likeness (QED) is 0.508. The van der Waals surface area contributed by atoms with Crippen molar-refractivity contribution in [3.63, 3.8) is 0 Å². The maximum absolute atomic E-state index is 13.0. The van der Waals surface area contributed by atoms with E-state index in [2.05, 4.69) is 0 Å². The van der Waals surface area contributed by atoms with E-state index in [-0.39, 0.29) is 12.4 Å². The van der Waals surface area contributed by atoms with Crippen molar-refractivity contribution in [3.05, 3.63) is 108 Å². The van der Waals surface area contributed by atoms with Gasteiger partial charge in [-0.25, -0.2) is 4.79 Å². The summed E-state index contributed by atoms with van der Waals surface area (Å²) in [5.74, 6) is -0.766. The van der Waals surface area contributed by atoms with Crippen LogP contribution in [0.15, 0.2) is 91.0 Å². The molecule has 0 aliphatic carbocycles. The monoisotopic (exact) mass is 444 g/mol. The number of carbonyl (C=O) groups excluding carboxylic acids is 2. The van der Waals surface area contributed by atoms with Crippen molar-refractivity contribution in [2.75, 3.05) is 0 Å². The number of carbonyl (C=O) groups is 2. The number of hydrogen-bond acceptors (Lipinski definition) is 6. The maximum Gasteiger partial charge on any atom is 0.338 e. The van der Waals surface area contributed by atoms with Crippen molar-refractivity contribution in [1.82, 2.24) is 0 Å². The molecule has 168 valence electrons. The van der Waals surface area contributed by atoms with Crippen LogP contribution in [-0.2, 0) is 30.3 Å². The first kappa shape index (κ1) is 21.4. The van der Waals surface area contributed by atoms with Gasteiger partial charge < -0.3 is 18.9 Å². The van der Waals surface area contributed by atoms with Gasteiger partial charge in [0.1, 0.15) is 18.3 Å². The van der Waals surface area contributed by atoms with Gasteiger partial charge in [-0.15, -0.1) is 0 Å². The van der Waals surface area contributed by atoms with Gasteiger partial charge in [-0.3, -0.25) is 4.79 Å². The van der Waals surface area contributed by atoms with Crippen LogP contribution in [-0.4, -0.2) is 36.4 Å². The van der Waals surface area contributed by atoms with Crippen LogP contribution in [0.5, 0.6) is 0 Å². The molecule has 0 spiro atoms. The highest BCUT2D eigenvalue weighted by molar-refractivity contribution is 5.89. The Morgan fingerprint density at radius 1 is 0.909 bits per heavy atom. The van der Waals surface area contributed by atoms with Gasteiger partial charge in [0.15, 0.2) is 12.2 Å². The fourth-order valence-electron chi connectivity index (χ4n) is 4.35. The van der Waals surface area contributed by atoms with Crippen molar-refractivity contribution < 1.29 is 28.5 Å². The van der Waals surface area contributed by atoms with Gasteiger partial charge in [-0.05, 0) is 23.3 Å². The van der Waals surface area contributed by atoms with Gasteiger partial charge in [0, 0.05) is 0 Å². The molecule has 0 N–H and O–H groups in total. The highest BCUT2D eigenvalue weighted by Crippen LogP contribution is 2.41. The van der Waals surface area contributed by atoms with E-state index >= 15 is 0 Å². The first-order valence-corrected chi connectivity index (χ1v) is 11.0. The minimum absolute atomic E-state index is 0.153. The van der Waals surface area contributed by atoms with Crippen molar-refractivity contribution in [3.8, 4) is 0 Å². The van der Waals surface area contributed by atoms with E-state index in [9.17, 15) is 9.59 Å². The van der Waals surface area contributed by atoms with Crippen LogP contribution in [0.2, 0.25) is 0 Å². The summed E-state index contributed by atoms with van der Waals surface area (Å²) in [6.45, 7) is 0.320. The zero-order valence-corrected chi connectivity index (χ0v) is 17.9. The summed E-state index contributed by atoms with van der Waals surface area (Å²) in [6.07, 6.45) is -2.79. The highest BCUT2D eigenvalue weighted by Gasteiger charge is 2.55. The molecular formula is C27H24O6. The first-order chi connectivity index (χ1) is 16.2. The fraction of sp³-hybridized carbons (Fsp3) is 0.259. The minimum atomic E-state index is -0.732. The average molecular weight is 444 g/mol. The summed E-state index contributed by atoms with van der Waals surface area (Å²) in [4.78, 5) is 24.9. The largest absolute Gasteiger partial charge is 0.457 e. The molecule has 6 heteroatoms. The van der Waals surface area contributed by atoms with Gasteiger partial charge in [-0.2, -0.15) is 0 Å². The topological polar surface area (TPSA) is 71.1 Å². The zero-order chi connectivity index (χ0) is 22.6. The zero-order valence-electron chi connectivity index (χ0n) is 17.9. The first-order valence-electron chi connectivity index (χ1n) is 11.0. The summed E-state index contributed by atoms with van der Waals surface area (Å²) < 4.78 is 24.1. The smallest absolute Gasteiger partial charge is 0.338 e. The molecule has 2 fully saturated rings. The maximum atomic E-state index is 13.0. The van der Waals surface area contributed by atoms with Crippen LogP contribution in [0.1, 0.15) is 34.0 Å². The van der Waals surface area contributed by atoms with Gasteiger partial charge in [0.05, 0.1) is 18.6 Å². The van der Waals surface area contributed by atoms with Crippen LogP contribution >= 0.6 is 0 Å². The lowest BCUT2D eigenvalue weighted by Gasteiger charge is -2.29. The summed E-state index contributed by atoms with van der Waals surface area (Å²) in [5, 5.41) is 0. The average Bonchev–Trinajstić information content (AvgIpc) is 3.38. The Bertz CT molecular complexity index is 1090. The summed E-state index contributed by atoms with van der Waals surface area (Å²) >= 11 is 0. The van der Waals surface area contributed by atoms with E-state index in [0.29, 0.717) is 12.2 Å². The Labute approximate surface area is 192 Å². The molecule has 0 bridgehead atoms. The number of ether oxygens (including phenoxy) is 4. The Hall–Kier alpha value is -3.48. The van der Waals surface area contributed by atoms with Crippen molar-refractivity contribution >= 4 is 11.9 Å². The molecule has 0 aromatic heterocycles. The third kappa shape index (κ3) is 4.67. The molecule has 3 aromatic rings. The molecule has 0 unspecified atom stereocenters. The summed E-state index contributed by atoms with van der Waals surface area (Å²) in [6, 6.07) is 28.0. The fourth-order valence-corrected chi connectivity index (χ4v) is 4.35. The molecule has 5 atom stereocenters. The van der Waals surface area contributed by atoms with Gasteiger partial charge in [0.2, 0.25) is 0 Å². The van der Waals surface area contributed by atoms with E-state index in [4.69, 9.17) is 18.9 Å². The van der Waals surface area contributed by atoms with E-state index in [0.717, 1.165) is 11.1 Å². The molecule has 0 radical (unpaired) electrons. The molecule has 2 heterocycles. The molecule has 6 nitrogen and oxygen atoms in total. The Morgan fingerprint density at radius 2 is 1.55 bits per heavy atom. The number of hydrogen-bond donors (Lipinski definition) is 0. The Balaban J connectivity index is 1.44. The number of rotatable bonds is 7. The predicted molar refractivity (Wildman–Crippen MR) is 119 cm³/mol. The molecule has 2 aliphatic rings. The lowest BCUT2D eigenvalue weighted by molar-refractivity contribution is -0.152. The normalized spacial score (nSPS) is 24.7. The molecule has 0 saturated carbocycles. The highest BCUT2D eigenvalue weighted by atomic mass is 16.7.